The average molecular weight is 633 g/mol. The summed E-state index contributed by atoms with van der Waals surface area (Å²) in [6, 6.07) is 0. The number of allylic oxidation sites excluding steroid dienone is 6. The summed E-state index contributed by atoms with van der Waals surface area (Å²) in [5.41, 5.74) is 0. The normalized spacial score (nSPS) is 12.5. The zero-order valence-corrected chi connectivity index (χ0v) is 29.6. The van der Waals surface area contributed by atoms with E-state index in [0.29, 0.717) is 12.8 Å². The second-order valence-corrected chi connectivity index (χ2v) is 12.6. The molecule has 0 bridgehead atoms. The summed E-state index contributed by atoms with van der Waals surface area (Å²) in [7, 11) is 0. The summed E-state index contributed by atoms with van der Waals surface area (Å²) >= 11 is 0. The van der Waals surface area contributed by atoms with Gasteiger partial charge in [0.05, 0.1) is 6.61 Å². The molecule has 45 heavy (non-hydrogen) atoms. The molecule has 0 aliphatic rings. The van der Waals surface area contributed by atoms with E-state index in [9.17, 15) is 14.7 Å². The lowest BCUT2D eigenvalue weighted by Crippen LogP contribution is -2.28. The van der Waals surface area contributed by atoms with Crippen LogP contribution < -0.4 is 0 Å². The van der Waals surface area contributed by atoms with Gasteiger partial charge >= 0.3 is 11.9 Å². The van der Waals surface area contributed by atoms with E-state index in [-0.39, 0.29) is 25.2 Å². The summed E-state index contributed by atoms with van der Waals surface area (Å²) in [4.78, 5) is 24.2. The third kappa shape index (κ3) is 34.8. The number of aliphatic hydroxyl groups is 1. The van der Waals surface area contributed by atoms with Crippen LogP contribution in [-0.2, 0) is 19.1 Å². The highest BCUT2D eigenvalue weighted by molar-refractivity contribution is 5.70. The number of esters is 2. The maximum atomic E-state index is 12.1. The topological polar surface area (TPSA) is 72.8 Å². The van der Waals surface area contributed by atoms with Crippen LogP contribution in [0, 0.1) is 0 Å². The van der Waals surface area contributed by atoms with Crippen LogP contribution in [0.2, 0.25) is 0 Å². The Balaban J connectivity index is 3.58. The number of carbonyl (C=O) groups excluding carboxylic acids is 2. The molecule has 0 unspecified atom stereocenters. The molecule has 5 heteroatoms. The van der Waals surface area contributed by atoms with Crippen molar-refractivity contribution in [2.24, 2.45) is 0 Å². The summed E-state index contributed by atoms with van der Waals surface area (Å²) in [6.07, 6.45) is 43.4. The molecule has 0 rings (SSSR count). The summed E-state index contributed by atoms with van der Waals surface area (Å²) < 4.78 is 10.6. The van der Waals surface area contributed by atoms with Crippen molar-refractivity contribution in [1.82, 2.24) is 0 Å². The predicted octanol–water partition coefficient (Wildman–Crippen LogP) is 11.7. The minimum atomic E-state index is -0.776. The van der Waals surface area contributed by atoms with Gasteiger partial charge in [-0.1, -0.05) is 140 Å². The number of rotatable bonds is 34. The quantitative estimate of drug-likeness (QED) is 0.0434. The summed E-state index contributed by atoms with van der Waals surface area (Å²) in [5.74, 6) is -0.609. The Morgan fingerprint density at radius 3 is 1.38 bits per heavy atom. The van der Waals surface area contributed by atoms with Gasteiger partial charge in [0.1, 0.15) is 6.61 Å². The first-order chi connectivity index (χ1) is 22.1. The van der Waals surface area contributed by atoms with Crippen molar-refractivity contribution in [3.63, 3.8) is 0 Å². The molecule has 0 spiro atoms. The first-order valence-corrected chi connectivity index (χ1v) is 19.0. The largest absolute Gasteiger partial charge is 0.462 e. The maximum Gasteiger partial charge on any atom is 0.306 e. The fourth-order valence-corrected chi connectivity index (χ4v) is 5.22. The van der Waals surface area contributed by atoms with E-state index < -0.39 is 6.10 Å². The van der Waals surface area contributed by atoms with Crippen LogP contribution in [0.4, 0.5) is 0 Å². The van der Waals surface area contributed by atoms with Crippen LogP contribution in [0.15, 0.2) is 36.5 Å². The molecule has 5 nitrogen and oxygen atoms in total. The van der Waals surface area contributed by atoms with Gasteiger partial charge in [0.25, 0.3) is 0 Å². The minimum Gasteiger partial charge on any atom is -0.462 e. The lowest BCUT2D eigenvalue weighted by Gasteiger charge is -2.15. The Kier molecular flexibility index (Phi) is 35.1. The lowest BCUT2D eigenvalue weighted by molar-refractivity contribution is -0.161. The smallest absolute Gasteiger partial charge is 0.306 e. The SMILES string of the molecule is CCCCC/C=C/C/C=C/CCCCCCCCCC(=O)OC[C@H](CO)OC(=O)CCCCCCC/C=C/CCCCCCC. The third-order valence-electron chi connectivity index (χ3n) is 8.16. The molecule has 0 aliphatic heterocycles. The van der Waals surface area contributed by atoms with E-state index in [2.05, 4.69) is 50.3 Å². The number of ether oxygens (including phenoxy) is 2. The van der Waals surface area contributed by atoms with Crippen molar-refractivity contribution >= 4 is 11.9 Å². The maximum absolute atomic E-state index is 12.1. The highest BCUT2D eigenvalue weighted by Gasteiger charge is 2.16. The first-order valence-electron chi connectivity index (χ1n) is 19.0. The molecular formula is C40H72O5. The second kappa shape index (κ2) is 36.6. The lowest BCUT2D eigenvalue weighted by atomic mass is 10.1. The second-order valence-electron chi connectivity index (χ2n) is 12.6. The molecule has 1 atom stereocenters. The van der Waals surface area contributed by atoms with E-state index in [1.165, 1.54) is 103 Å². The van der Waals surface area contributed by atoms with Gasteiger partial charge in [0, 0.05) is 12.8 Å². The van der Waals surface area contributed by atoms with Crippen LogP contribution >= 0.6 is 0 Å². The van der Waals surface area contributed by atoms with Crippen molar-refractivity contribution < 1.29 is 24.2 Å². The molecule has 1 N–H and O–H groups in total. The van der Waals surface area contributed by atoms with Gasteiger partial charge in [-0.2, -0.15) is 0 Å². The molecule has 0 fully saturated rings. The first kappa shape index (κ1) is 43.1. The van der Waals surface area contributed by atoms with Gasteiger partial charge in [0.15, 0.2) is 6.10 Å². The van der Waals surface area contributed by atoms with E-state index in [0.717, 1.165) is 57.8 Å². The summed E-state index contributed by atoms with van der Waals surface area (Å²) in [6.45, 7) is 4.08. The molecule has 0 aromatic heterocycles. The van der Waals surface area contributed by atoms with E-state index in [1.807, 2.05) is 0 Å². The third-order valence-corrected chi connectivity index (χ3v) is 8.16. The average Bonchev–Trinajstić information content (AvgIpc) is 3.04. The van der Waals surface area contributed by atoms with Crippen LogP contribution in [0.1, 0.15) is 187 Å². The summed E-state index contributed by atoms with van der Waals surface area (Å²) in [5, 5.41) is 9.53. The molecule has 0 heterocycles. The van der Waals surface area contributed by atoms with E-state index in [1.54, 1.807) is 0 Å². The fraction of sp³-hybridized carbons (Fsp3) is 0.800. The number of hydrogen-bond acceptors (Lipinski definition) is 5. The minimum absolute atomic E-state index is 0.0724. The molecule has 262 valence electrons. The molecule has 0 aliphatic carbocycles. The number of aliphatic hydroxyl groups excluding tert-OH is 1. The van der Waals surface area contributed by atoms with Crippen molar-refractivity contribution in [3.8, 4) is 0 Å². The highest BCUT2D eigenvalue weighted by Crippen LogP contribution is 2.12. The monoisotopic (exact) mass is 633 g/mol. The van der Waals surface area contributed by atoms with Crippen molar-refractivity contribution in [3.05, 3.63) is 36.5 Å². The van der Waals surface area contributed by atoms with Crippen LogP contribution in [0.3, 0.4) is 0 Å². The van der Waals surface area contributed by atoms with Gasteiger partial charge in [0.2, 0.25) is 0 Å². The molecule has 0 amide bonds. The van der Waals surface area contributed by atoms with Gasteiger partial charge < -0.3 is 14.6 Å². The predicted molar refractivity (Wildman–Crippen MR) is 191 cm³/mol. The van der Waals surface area contributed by atoms with Crippen LogP contribution in [0.5, 0.6) is 0 Å². The van der Waals surface area contributed by atoms with E-state index in [4.69, 9.17) is 9.47 Å². The zero-order valence-electron chi connectivity index (χ0n) is 29.6. The Morgan fingerprint density at radius 1 is 0.511 bits per heavy atom. The standard InChI is InChI=1S/C40H72O5/c1-3-5-7-9-11-13-15-17-19-20-21-23-24-26-28-30-32-34-39(42)44-37-38(36-41)45-40(43)35-33-31-29-27-25-22-18-16-14-12-10-8-6-4-2/h11,13,16-19,38,41H,3-10,12,14-15,20-37H2,1-2H3/b13-11+,18-16+,19-17+/t38-/m0/s1. The van der Waals surface area contributed by atoms with Crippen molar-refractivity contribution in [2.75, 3.05) is 13.2 Å². The molecule has 0 radical (unpaired) electrons. The number of hydrogen-bond donors (Lipinski definition) is 1. The Labute approximate surface area is 278 Å². The molecule has 0 saturated carbocycles. The van der Waals surface area contributed by atoms with Gasteiger partial charge in [-0.25, -0.2) is 0 Å². The molecule has 0 aromatic carbocycles. The van der Waals surface area contributed by atoms with Crippen molar-refractivity contribution in [2.45, 2.75) is 193 Å². The van der Waals surface area contributed by atoms with Crippen LogP contribution in [0.25, 0.3) is 0 Å². The van der Waals surface area contributed by atoms with Gasteiger partial charge in [-0.05, 0) is 70.6 Å². The van der Waals surface area contributed by atoms with Gasteiger partial charge in [-0.3, -0.25) is 9.59 Å². The zero-order chi connectivity index (χ0) is 32.9. The Bertz CT molecular complexity index is 726. The Morgan fingerprint density at radius 2 is 0.889 bits per heavy atom. The van der Waals surface area contributed by atoms with Gasteiger partial charge in [-0.15, -0.1) is 0 Å². The fourth-order valence-electron chi connectivity index (χ4n) is 5.22. The van der Waals surface area contributed by atoms with Crippen molar-refractivity contribution in [1.29, 1.82) is 0 Å². The molecule has 0 aromatic rings. The molecule has 0 saturated heterocycles. The molecular weight excluding hydrogens is 560 g/mol. The Hall–Kier alpha value is -1.88. The highest BCUT2D eigenvalue weighted by atomic mass is 16.6. The number of carbonyl (C=O) groups is 2. The van der Waals surface area contributed by atoms with E-state index >= 15 is 0 Å². The van der Waals surface area contributed by atoms with Crippen LogP contribution in [-0.4, -0.2) is 36.4 Å². The number of unbranched alkanes of at least 4 members (excludes halogenated alkanes) is 20.